The maximum absolute atomic E-state index is 13.8. The molecule has 0 bridgehead atoms. The van der Waals surface area contributed by atoms with Crippen LogP contribution in [0.25, 0.3) is 0 Å². The van der Waals surface area contributed by atoms with E-state index in [2.05, 4.69) is 16.1 Å². The van der Waals surface area contributed by atoms with E-state index >= 15 is 0 Å². The molecule has 198 valence electrons. The lowest BCUT2D eigenvalue weighted by molar-refractivity contribution is -0.561. The van der Waals surface area contributed by atoms with Gasteiger partial charge >= 0.3 is 42.5 Å². The van der Waals surface area contributed by atoms with Gasteiger partial charge in [0.1, 0.15) is 0 Å². The lowest BCUT2D eigenvalue weighted by Crippen LogP contribution is -2.65. The highest BCUT2D eigenvalue weighted by Gasteiger charge is 2.85. The summed E-state index contributed by atoms with van der Waals surface area (Å²) in [5.74, 6) is -16.6. The Morgan fingerprint density at radius 1 is 0.727 bits per heavy atom. The van der Waals surface area contributed by atoms with Crippen molar-refractivity contribution in [3.05, 3.63) is 12.3 Å². The van der Waals surface area contributed by atoms with Gasteiger partial charge < -0.3 is 4.74 Å². The fourth-order valence-electron chi connectivity index (χ4n) is 1.57. The molecule has 0 N–H and O–H groups in total. The van der Waals surface area contributed by atoms with Crippen molar-refractivity contribution in [2.45, 2.75) is 68.4 Å². The summed E-state index contributed by atoms with van der Waals surface area (Å²) in [6.07, 6.45) is -30.8. The average molecular weight is 532 g/mol. The maximum atomic E-state index is 13.8. The lowest BCUT2D eigenvalue weighted by atomic mass is 10.1. The largest absolute Gasteiger partial charge is 0.489 e. The van der Waals surface area contributed by atoms with Crippen LogP contribution in [0.15, 0.2) is 12.3 Å². The molecule has 0 fully saturated rings. The van der Waals surface area contributed by atoms with Crippen LogP contribution < -0.4 is 0 Å². The summed E-state index contributed by atoms with van der Waals surface area (Å²) in [6.45, 7) is 1.34. The van der Waals surface area contributed by atoms with Gasteiger partial charge in [0, 0.05) is 6.42 Å². The van der Waals surface area contributed by atoms with Crippen molar-refractivity contribution in [1.29, 1.82) is 0 Å². The monoisotopic (exact) mass is 532 g/mol. The molecule has 0 amide bonds. The van der Waals surface area contributed by atoms with Crippen LogP contribution in [0.4, 0.5) is 70.2 Å². The molecule has 0 rings (SSSR count). The van der Waals surface area contributed by atoms with Crippen molar-refractivity contribution in [3.63, 3.8) is 0 Å². The second-order valence-corrected chi connectivity index (χ2v) is 6.19. The molecule has 33 heavy (non-hydrogen) atoms. The minimum atomic E-state index is -7.95. The Morgan fingerprint density at radius 3 is 1.55 bits per heavy atom. The Balaban J connectivity index is 5.85. The van der Waals surface area contributed by atoms with E-state index in [0.29, 0.717) is 0 Å². The number of alkyl halides is 16. The van der Waals surface area contributed by atoms with Crippen molar-refractivity contribution < 1.29 is 84.5 Å². The van der Waals surface area contributed by atoms with E-state index in [1.807, 2.05) is 0 Å². The molecule has 0 radical (unpaired) electrons. The second kappa shape index (κ2) is 9.53. The van der Waals surface area contributed by atoms with Gasteiger partial charge in [0.15, 0.2) is 6.61 Å². The second-order valence-electron chi connectivity index (χ2n) is 6.19. The van der Waals surface area contributed by atoms with Gasteiger partial charge in [-0.05, 0) is 13.3 Å². The molecule has 0 saturated heterocycles. The summed E-state index contributed by atoms with van der Waals surface area (Å²) >= 11 is 0. The Morgan fingerprint density at radius 2 is 1.18 bits per heavy atom. The predicted molar refractivity (Wildman–Crippen MR) is 72.8 cm³/mol. The van der Waals surface area contributed by atoms with Gasteiger partial charge in [-0.1, -0.05) is 6.58 Å². The van der Waals surface area contributed by atoms with E-state index in [9.17, 15) is 70.2 Å². The standard InChI is InChI=1S/C14H12F16O3/c1-6(15)3-4-7(2)31-5-8(16,17)32-14(30,12(25,26)27)33-13(28,29)10(20,21)9(18,19)11(22,23)24/h6H,2-5H2,1H3. The van der Waals surface area contributed by atoms with Crippen LogP contribution in [0.5, 0.6) is 0 Å². The molecule has 19 heteroatoms. The third-order valence-electron chi connectivity index (χ3n) is 3.26. The average Bonchev–Trinajstić information content (AvgIpc) is 2.54. The zero-order valence-electron chi connectivity index (χ0n) is 15.7. The highest BCUT2D eigenvalue weighted by Crippen LogP contribution is 2.56. The fourth-order valence-corrected chi connectivity index (χ4v) is 1.57. The number of halogens is 16. The number of ether oxygens (including phenoxy) is 3. The van der Waals surface area contributed by atoms with Crippen molar-refractivity contribution in [2.24, 2.45) is 0 Å². The zero-order chi connectivity index (χ0) is 26.9. The normalized spacial score (nSPS) is 17.5. The molecule has 0 aromatic carbocycles. The van der Waals surface area contributed by atoms with Crippen molar-refractivity contribution >= 4 is 0 Å². The van der Waals surface area contributed by atoms with Crippen LogP contribution in [-0.2, 0) is 14.2 Å². The maximum Gasteiger partial charge on any atom is 0.478 e. The summed E-state index contributed by atoms with van der Waals surface area (Å²) < 4.78 is 213. The third kappa shape index (κ3) is 7.41. The van der Waals surface area contributed by atoms with Crippen molar-refractivity contribution in [3.8, 4) is 0 Å². The van der Waals surface area contributed by atoms with Gasteiger partial charge in [0.25, 0.3) is 0 Å². The van der Waals surface area contributed by atoms with Gasteiger partial charge in [0.05, 0.1) is 11.9 Å². The van der Waals surface area contributed by atoms with Crippen LogP contribution in [0.1, 0.15) is 19.8 Å². The fraction of sp³-hybridized carbons (Fsp3) is 0.857. The highest BCUT2D eigenvalue weighted by atomic mass is 19.4. The third-order valence-corrected chi connectivity index (χ3v) is 3.26. The smallest absolute Gasteiger partial charge is 0.478 e. The van der Waals surface area contributed by atoms with Gasteiger partial charge in [0.2, 0.25) is 0 Å². The molecular formula is C14H12F16O3. The molecule has 0 saturated carbocycles. The van der Waals surface area contributed by atoms with Gasteiger partial charge in [-0.25, -0.2) is 13.9 Å². The Hall–Kier alpha value is -1.66. The number of hydrogen-bond acceptors (Lipinski definition) is 3. The first-order valence-corrected chi connectivity index (χ1v) is 7.91. The molecule has 0 aliphatic carbocycles. The zero-order valence-corrected chi connectivity index (χ0v) is 15.7. The Bertz CT molecular complexity index is 668. The highest BCUT2D eigenvalue weighted by molar-refractivity contribution is 4.97. The lowest BCUT2D eigenvalue weighted by Gasteiger charge is -2.37. The van der Waals surface area contributed by atoms with Crippen LogP contribution in [0, 0.1) is 0 Å². The van der Waals surface area contributed by atoms with Crippen molar-refractivity contribution in [2.75, 3.05) is 6.61 Å². The molecular weight excluding hydrogens is 520 g/mol. The van der Waals surface area contributed by atoms with Crippen LogP contribution in [-0.4, -0.2) is 55.2 Å². The minimum absolute atomic E-state index is 0.432. The number of hydrogen-bond donors (Lipinski definition) is 0. The molecule has 0 aliphatic heterocycles. The Kier molecular flexibility index (Phi) is 9.05. The first-order valence-electron chi connectivity index (χ1n) is 7.91. The number of rotatable bonds is 12. The van der Waals surface area contributed by atoms with E-state index in [-0.39, 0.29) is 0 Å². The van der Waals surface area contributed by atoms with Gasteiger partial charge in [-0.15, -0.1) is 0 Å². The van der Waals surface area contributed by atoms with Crippen molar-refractivity contribution in [1.82, 2.24) is 0 Å². The van der Waals surface area contributed by atoms with E-state index in [0.717, 1.165) is 6.92 Å². The first-order chi connectivity index (χ1) is 14.2. The molecule has 0 aromatic heterocycles. The van der Waals surface area contributed by atoms with Crippen LogP contribution in [0.3, 0.4) is 0 Å². The summed E-state index contributed by atoms with van der Waals surface area (Å²) in [4.78, 5) is 0. The summed E-state index contributed by atoms with van der Waals surface area (Å²) in [6, 6.07) is -7.07. The quantitative estimate of drug-likeness (QED) is 0.156. The molecule has 0 aromatic rings. The molecule has 0 aliphatic rings. The summed E-state index contributed by atoms with van der Waals surface area (Å²) in [5, 5.41) is 0. The van der Waals surface area contributed by atoms with Crippen LogP contribution in [0.2, 0.25) is 0 Å². The topological polar surface area (TPSA) is 27.7 Å². The van der Waals surface area contributed by atoms with E-state index in [1.165, 1.54) is 0 Å². The Labute approximate surface area is 173 Å². The number of allylic oxidation sites excluding steroid dienone is 1. The van der Waals surface area contributed by atoms with E-state index in [1.54, 1.807) is 4.74 Å². The first kappa shape index (κ1) is 31.3. The SMILES string of the molecule is C=C(CCC(C)F)OCC(F)(F)OC(F)(OC(F)(F)C(F)(F)C(F)(F)C(F)(F)F)C(F)(F)F. The molecule has 2 unspecified atom stereocenters. The van der Waals surface area contributed by atoms with E-state index < -0.39 is 73.8 Å². The van der Waals surface area contributed by atoms with Gasteiger partial charge in [-0.2, -0.15) is 65.9 Å². The molecule has 0 heterocycles. The molecule has 0 spiro atoms. The predicted octanol–water partition coefficient (Wildman–Crippen LogP) is 6.89. The van der Waals surface area contributed by atoms with Gasteiger partial charge in [-0.3, -0.25) is 0 Å². The summed E-state index contributed by atoms with van der Waals surface area (Å²) in [7, 11) is 0. The summed E-state index contributed by atoms with van der Waals surface area (Å²) in [5.41, 5.74) is 0. The van der Waals surface area contributed by atoms with Crippen LogP contribution >= 0.6 is 0 Å². The molecule has 3 nitrogen and oxygen atoms in total. The minimum Gasteiger partial charge on any atom is -0.489 e. The molecule has 2 atom stereocenters. The van der Waals surface area contributed by atoms with E-state index in [4.69, 9.17) is 0 Å².